The van der Waals surface area contributed by atoms with Gasteiger partial charge in [-0.1, -0.05) is 37.3 Å². The summed E-state index contributed by atoms with van der Waals surface area (Å²) in [7, 11) is 0. The Balaban J connectivity index is 2.20. The van der Waals surface area contributed by atoms with E-state index in [1.165, 1.54) is 6.92 Å². The van der Waals surface area contributed by atoms with Crippen LogP contribution in [0.15, 0.2) is 48.5 Å². The van der Waals surface area contributed by atoms with Crippen LogP contribution in [0.5, 0.6) is 0 Å². The molecule has 24 heavy (non-hydrogen) atoms. The minimum Gasteiger partial charge on any atom is -0.384 e. The van der Waals surface area contributed by atoms with Gasteiger partial charge in [0, 0.05) is 23.4 Å². The highest BCUT2D eigenvalue weighted by molar-refractivity contribution is 6.36. The van der Waals surface area contributed by atoms with Gasteiger partial charge < -0.3 is 10.6 Å². The first-order valence-electron chi connectivity index (χ1n) is 8.12. The highest BCUT2D eigenvalue weighted by Crippen LogP contribution is 2.36. The van der Waals surface area contributed by atoms with E-state index in [-0.39, 0.29) is 11.7 Å². The Bertz CT molecular complexity index is 823. The number of carbonyl (C=O) groups excluding carboxylic acids is 2. The van der Waals surface area contributed by atoms with Gasteiger partial charge in [0.1, 0.15) is 0 Å². The van der Waals surface area contributed by atoms with E-state index in [0.717, 1.165) is 35.5 Å². The molecule has 3 rings (SSSR count). The molecule has 2 aromatic carbocycles. The average molecular weight is 320 g/mol. The largest absolute Gasteiger partial charge is 0.384 e. The second kappa shape index (κ2) is 6.71. The summed E-state index contributed by atoms with van der Waals surface area (Å²) < 4.78 is 0. The lowest BCUT2D eigenvalue weighted by Crippen LogP contribution is -2.17. The summed E-state index contributed by atoms with van der Waals surface area (Å²) in [5, 5.41) is 6.27. The van der Waals surface area contributed by atoms with Crippen molar-refractivity contribution in [1.29, 1.82) is 0 Å². The zero-order valence-electron chi connectivity index (χ0n) is 13.8. The van der Waals surface area contributed by atoms with E-state index >= 15 is 0 Å². The zero-order valence-corrected chi connectivity index (χ0v) is 13.8. The topological polar surface area (TPSA) is 58.2 Å². The first-order chi connectivity index (χ1) is 11.6. The molecule has 4 nitrogen and oxygen atoms in total. The quantitative estimate of drug-likeness (QED) is 0.652. The SMILES string of the molecule is CCCNC(=C1C(=O)Nc2ccc(C(C)=O)cc21)c1ccccc1. The van der Waals surface area contributed by atoms with Gasteiger partial charge in [-0.15, -0.1) is 0 Å². The van der Waals surface area contributed by atoms with E-state index in [4.69, 9.17) is 0 Å². The monoisotopic (exact) mass is 320 g/mol. The van der Waals surface area contributed by atoms with Crippen molar-refractivity contribution in [1.82, 2.24) is 5.32 Å². The molecule has 0 unspecified atom stereocenters. The van der Waals surface area contributed by atoms with Gasteiger partial charge in [0.2, 0.25) is 0 Å². The highest BCUT2D eigenvalue weighted by atomic mass is 16.2. The molecule has 2 aromatic rings. The predicted octanol–water partition coefficient (Wildman–Crippen LogP) is 3.71. The van der Waals surface area contributed by atoms with Crippen molar-refractivity contribution in [3.05, 3.63) is 65.2 Å². The van der Waals surface area contributed by atoms with Crippen molar-refractivity contribution in [3.63, 3.8) is 0 Å². The van der Waals surface area contributed by atoms with Crippen LogP contribution in [0.3, 0.4) is 0 Å². The molecule has 2 N–H and O–H groups in total. The third-order valence-corrected chi connectivity index (χ3v) is 4.03. The minimum absolute atomic E-state index is 0.0146. The maximum Gasteiger partial charge on any atom is 0.258 e. The Hall–Kier alpha value is -2.88. The van der Waals surface area contributed by atoms with Crippen LogP contribution in [0, 0.1) is 0 Å². The molecule has 1 aliphatic rings. The highest BCUT2D eigenvalue weighted by Gasteiger charge is 2.28. The summed E-state index contributed by atoms with van der Waals surface area (Å²) in [6, 6.07) is 15.1. The zero-order chi connectivity index (χ0) is 17.1. The molecule has 0 saturated carbocycles. The molecule has 1 heterocycles. The molecule has 0 saturated heterocycles. The molecule has 0 spiro atoms. The summed E-state index contributed by atoms with van der Waals surface area (Å²) in [6.07, 6.45) is 0.950. The number of amides is 1. The number of Topliss-reactive ketones (excluding diaryl/α,β-unsaturated/α-hetero) is 1. The number of carbonyl (C=O) groups is 2. The van der Waals surface area contributed by atoms with Gasteiger partial charge in [-0.2, -0.15) is 0 Å². The van der Waals surface area contributed by atoms with Gasteiger partial charge in [0.25, 0.3) is 5.91 Å². The predicted molar refractivity (Wildman–Crippen MR) is 96.6 cm³/mol. The molecule has 0 bridgehead atoms. The molecule has 0 atom stereocenters. The lowest BCUT2D eigenvalue weighted by Gasteiger charge is -2.14. The second-order valence-corrected chi connectivity index (χ2v) is 5.81. The van der Waals surface area contributed by atoms with E-state index in [9.17, 15) is 9.59 Å². The summed E-state index contributed by atoms with van der Waals surface area (Å²) >= 11 is 0. The van der Waals surface area contributed by atoms with Crippen LogP contribution in [0.4, 0.5) is 5.69 Å². The third-order valence-electron chi connectivity index (χ3n) is 4.03. The van der Waals surface area contributed by atoms with Gasteiger partial charge in [-0.05, 0) is 37.1 Å². The molecule has 0 fully saturated rings. The maximum absolute atomic E-state index is 12.6. The minimum atomic E-state index is -0.145. The molecule has 0 aliphatic carbocycles. The molecule has 122 valence electrons. The first kappa shape index (κ1) is 16.0. The van der Waals surface area contributed by atoms with Gasteiger partial charge in [0.15, 0.2) is 5.78 Å². The Morgan fingerprint density at radius 3 is 2.50 bits per heavy atom. The van der Waals surface area contributed by atoms with Crippen LogP contribution in [0.1, 0.15) is 41.8 Å². The molecule has 0 aromatic heterocycles. The lowest BCUT2D eigenvalue weighted by molar-refractivity contribution is -0.110. The Morgan fingerprint density at radius 2 is 1.83 bits per heavy atom. The normalized spacial score (nSPS) is 14.8. The standard InChI is InChI=1S/C20H20N2O2/c1-3-11-21-19(14-7-5-4-6-8-14)18-16-12-15(13(2)23)9-10-17(16)22-20(18)24/h4-10,12,21H,3,11H2,1-2H3,(H,22,24). The number of rotatable bonds is 5. The summed E-state index contributed by atoms with van der Waals surface area (Å²) in [6.45, 7) is 4.38. The maximum atomic E-state index is 12.6. The van der Waals surface area contributed by atoms with Gasteiger partial charge >= 0.3 is 0 Å². The fraction of sp³-hybridized carbons (Fsp3) is 0.200. The summed E-state index contributed by atoms with van der Waals surface area (Å²) in [4.78, 5) is 24.3. The molecule has 0 radical (unpaired) electrons. The average Bonchev–Trinajstić information content (AvgIpc) is 2.91. The van der Waals surface area contributed by atoms with Crippen molar-refractivity contribution >= 4 is 28.6 Å². The number of hydrogen-bond acceptors (Lipinski definition) is 3. The van der Waals surface area contributed by atoms with Crippen LogP contribution in [-0.4, -0.2) is 18.2 Å². The Labute approximate surface area is 141 Å². The van der Waals surface area contributed by atoms with Crippen molar-refractivity contribution in [2.24, 2.45) is 0 Å². The van der Waals surface area contributed by atoms with E-state index in [1.54, 1.807) is 18.2 Å². The first-order valence-corrected chi connectivity index (χ1v) is 8.12. The van der Waals surface area contributed by atoms with Crippen molar-refractivity contribution in [2.45, 2.75) is 20.3 Å². The smallest absolute Gasteiger partial charge is 0.258 e. The second-order valence-electron chi connectivity index (χ2n) is 5.81. The van der Waals surface area contributed by atoms with Gasteiger partial charge in [-0.25, -0.2) is 0 Å². The summed E-state index contributed by atoms with van der Waals surface area (Å²) in [5.74, 6) is -0.160. The van der Waals surface area contributed by atoms with Crippen LogP contribution in [0.25, 0.3) is 11.3 Å². The Morgan fingerprint density at radius 1 is 1.08 bits per heavy atom. The fourth-order valence-corrected chi connectivity index (χ4v) is 2.82. The number of fused-ring (bicyclic) bond motifs is 1. The number of nitrogens with one attached hydrogen (secondary N) is 2. The number of hydrogen-bond donors (Lipinski definition) is 2. The third kappa shape index (κ3) is 2.95. The molecule has 1 aliphatic heterocycles. The van der Waals surface area contributed by atoms with Crippen molar-refractivity contribution < 1.29 is 9.59 Å². The van der Waals surface area contributed by atoms with Crippen molar-refractivity contribution in [3.8, 4) is 0 Å². The number of benzene rings is 2. The van der Waals surface area contributed by atoms with E-state index in [1.807, 2.05) is 30.3 Å². The number of ketones is 1. The molecule has 1 amide bonds. The van der Waals surface area contributed by atoms with Crippen LogP contribution in [-0.2, 0) is 4.79 Å². The van der Waals surface area contributed by atoms with Crippen LogP contribution >= 0.6 is 0 Å². The van der Waals surface area contributed by atoms with Crippen molar-refractivity contribution in [2.75, 3.05) is 11.9 Å². The molecular formula is C20H20N2O2. The van der Waals surface area contributed by atoms with E-state index < -0.39 is 0 Å². The molecule has 4 heteroatoms. The van der Waals surface area contributed by atoms with Gasteiger partial charge in [0.05, 0.1) is 11.3 Å². The summed E-state index contributed by atoms with van der Waals surface area (Å²) in [5.41, 5.74) is 4.46. The fourth-order valence-electron chi connectivity index (χ4n) is 2.82. The van der Waals surface area contributed by atoms with E-state index in [2.05, 4.69) is 17.6 Å². The van der Waals surface area contributed by atoms with Crippen LogP contribution in [0.2, 0.25) is 0 Å². The van der Waals surface area contributed by atoms with E-state index in [0.29, 0.717) is 11.1 Å². The van der Waals surface area contributed by atoms with Crippen LogP contribution < -0.4 is 10.6 Å². The number of anilines is 1. The lowest BCUT2D eigenvalue weighted by atomic mass is 9.98. The van der Waals surface area contributed by atoms with Gasteiger partial charge in [-0.3, -0.25) is 9.59 Å². The Kier molecular flexibility index (Phi) is 4.47. The molecular weight excluding hydrogens is 300 g/mol.